The van der Waals surface area contributed by atoms with Crippen LogP contribution in [0.4, 0.5) is 5.69 Å². The van der Waals surface area contributed by atoms with Crippen molar-refractivity contribution in [2.24, 2.45) is 0 Å². The van der Waals surface area contributed by atoms with Crippen molar-refractivity contribution in [3.05, 3.63) is 30.3 Å². The molecule has 1 amide bonds. The molecule has 1 rings (SSSR count). The Kier molecular flexibility index (Phi) is 7.66. The number of methoxy groups -OCH3 is 2. The van der Waals surface area contributed by atoms with E-state index in [4.69, 9.17) is 21.7 Å². The molecule has 0 radical (unpaired) electrons. The van der Waals surface area contributed by atoms with E-state index in [2.05, 4.69) is 10.6 Å². The molecule has 0 atom stereocenters. The van der Waals surface area contributed by atoms with Crippen LogP contribution in [-0.4, -0.2) is 56.6 Å². The van der Waals surface area contributed by atoms with E-state index in [0.717, 1.165) is 5.69 Å². The highest BCUT2D eigenvalue weighted by molar-refractivity contribution is 7.80. The number of carbonyl (C=O) groups excluding carboxylic acids is 1. The summed E-state index contributed by atoms with van der Waals surface area (Å²) in [5.74, 6) is -0.141. The van der Waals surface area contributed by atoms with Crippen LogP contribution in [-0.2, 0) is 14.3 Å². The van der Waals surface area contributed by atoms with Crippen molar-refractivity contribution in [2.75, 3.05) is 39.7 Å². The summed E-state index contributed by atoms with van der Waals surface area (Å²) < 4.78 is 10.3. The Bertz CT molecular complexity index is 452. The van der Waals surface area contributed by atoms with Crippen molar-refractivity contribution in [3.63, 3.8) is 0 Å². The van der Waals surface area contributed by atoms with Gasteiger partial charge < -0.3 is 25.0 Å². The lowest BCUT2D eigenvalue weighted by molar-refractivity contribution is -0.125. The Labute approximate surface area is 130 Å². The van der Waals surface area contributed by atoms with Crippen molar-refractivity contribution in [1.29, 1.82) is 0 Å². The molecule has 0 bridgehead atoms. The second-order valence-electron chi connectivity index (χ2n) is 4.25. The first-order chi connectivity index (χ1) is 10.1. The molecule has 0 fully saturated rings. The molecule has 0 spiro atoms. The molecule has 0 saturated heterocycles. The average molecular weight is 311 g/mol. The largest absolute Gasteiger partial charge is 0.358 e. The van der Waals surface area contributed by atoms with E-state index >= 15 is 0 Å². The summed E-state index contributed by atoms with van der Waals surface area (Å²) in [4.78, 5) is 13.3. The molecule has 0 aliphatic heterocycles. The van der Waals surface area contributed by atoms with Crippen LogP contribution in [0.15, 0.2) is 30.3 Å². The number of ether oxygens (including phenoxy) is 2. The van der Waals surface area contributed by atoms with Crippen LogP contribution < -0.4 is 10.6 Å². The molecule has 7 heteroatoms. The molecular weight excluding hydrogens is 290 g/mol. The summed E-state index contributed by atoms with van der Waals surface area (Å²) in [6.07, 6.45) is -0.467. The average Bonchev–Trinajstić information content (AvgIpc) is 2.51. The Morgan fingerprint density at radius 2 is 1.90 bits per heavy atom. The van der Waals surface area contributed by atoms with Crippen LogP contribution in [0.5, 0.6) is 0 Å². The maximum Gasteiger partial charge on any atom is 0.239 e. The number of likely N-dealkylation sites (N-methyl/N-ethyl adjacent to an activating group) is 1. The number of hydrogen-bond acceptors (Lipinski definition) is 4. The number of nitrogens with zero attached hydrogens (tertiary/aromatic N) is 1. The van der Waals surface area contributed by atoms with Gasteiger partial charge in [0.15, 0.2) is 11.4 Å². The van der Waals surface area contributed by atoms with Gasteiger partial charge >= 0.3 is 0 Å². The standard InChI is InChI=1S/C14H21N3O3S/c1-15-12(18)9-17(10-13(19-2)20-3)14(21)16-11-7-5-4-6-8-11/h4-8,13H,9-10H2,1-3H3,(H,15,18)(H,16,21). The highest BCUT2D eigenvalue weighted by atomic mass is 32.1. The molecule has 6 nitrogen and oxygen atoms in total. The molecule has 0 aromatic heterocycles. The third-order valence-corrected chi connectivity index (χ3v) is 3.18. The number of amides is 1. The Morgan fingerprint density at radius 3 is 2.43 bits per heavy atom. The third-order valence-electron chi connectivity index (χ3n) is 2.82. The van der Waals surface area contributed by atoms with Gasteiger partial charge in [0.1, 0.15) is 0 Å². The monoisotopic (exact) mass is 311 g/mol. The molecule has 116 valence electrons. The van der Waals surface area contributed by atoms with E-state index in [1.165, 1.54) is 0 Å². The van der Waals surface area contributed by atoms with Crippen LogP contribution in [0.3, 0.4) is 0 Å². The van der Waals surface area contributed by atoms with Crippen molar-refractivity contribution in [3.8, 4) is 0 Å². The molecule has 1 aromatic carbocycles. The van der Waals surface area contributed by atoms with Gasteiger partial charge in [0.2, 0.25) is 5.91 Å². The SMILES string of the molecule is CNC(=O)CN(CC(OC)OC)C(=S)Nc1ccccc1. The Morgan fingerprint density at radius 1 is 1.29 bits per heavy atom. The molecule has 0 heterocycles. The molecule has 0 aliphatic rings. The Balaban J connectivity index is 2.74. The zero-order chi connectivity index (χ0) is 15.7. The second-order valence-corrected chi connectivity index (χ2v) is 4.64. The first-order valence-electron chi connectivity index (χ1n) is 6.47. The Hall–Kier alpha value is -1.70. The van der Waals surface area contributed by atoms with Crippen LogP contribution in [0.2, 0.25) is 0 Å². The highest BCUT2D eigenvalue weighted by Gasteiger charge is 2.18. The smallest absolute Gasteiger partial charge is 0.239 e. The molecule has 21 heavy (non-hydrogen) atoms. The van der Waals surface area contributed by atoms with E-state index in [-0.39, 0.29) is 12.5 Å². The predicted molar refractivity (Wildman–Crippen MR) is 86.1 cm³/mol. The summed E-state index contributed by atoms with van der Waals surface area (Å²) in [5.41, 5.74) is 0.857. The summed E-state index contributed by atoms with van der Waals surface area (Å²) >= 11 is 5.36. The maximum atomic E-state index is 11.6. The number of thiocarbonyl (C=S) groups is 1. The van der Waals surface area contributed by atoms with E-state index in [9.17, 15) is 4.79 Å². The zero-order valence-corrected chi connectivity index (χ0v) is 13.3. The fraction of sp³-hybridized carbons (Fsp3) is 0.429. The van der Waals surface area contributed by atoms with E-state index in [1.54, 1.807) is 26.2 Å². The number of carbonyl (C=O) groups is 1. The third kappa shape index (κ3) is 6.07. The number of nitrogens with one attached hydrogen (secondary N) is 2. The molecule has 2 N–H and O–H groups in total. The van der Waals surface area contributed by atoms with Gasteiger partial charge in [0, 0.05) is 27.0 Å². The summed E-state index contributed by atoms with van der Waals surface area (Å²) in [6, 6.07) is 9.52. The van der Waals surface area contributed by atoms with Crippen molar-refractivity contribution in [2.45, 2.75) is 6.29 Å². The number of benzene rings is 1. The second kappa shape index (κ2) is 9.28. The van der Waals surface area contributed by atoms with Gasteiger partial charge in [0.05, 0.1) is 13.1 Å². The fourth-order valence-corrected chi connectivity index (χ4v) is 1.88. The number of anilines is 1. The lowest BCUT2D eigenvalue weighted by atomic mass is 10.3. The topological polar surface area (TPSA) is 62.8 Å². The number of para-hydroxylation sites is 1. The van der Waals surface area contributed by atoms with Crippen LogP contribution in [0.1, 0.15) is 0 Å². The van der Waals surface area contributed by atoms with Gasteiger partial charge in [-0.15, -0.1) is 0 Å². The van der Waals surface area contributed by atoms with Gasteiger partial charge in [-0.2, -0.15) is 0 Å². The van der Waals surface area contributed by atoms with Crippen molar-refractivity contribution >= 4 is 28.9 Å². The minimum Gasteiger partial charge on any atom is -0.358 e. The molecule has 0 unspecified atom stereocenters. The van der Waals surface area contributed by atoms with E-state index in [0.29, 0.717) is 11.7 Å². The van der Waals surface area contributed by atoms with Crippen molar-refractivity contribution < 1.29 is 14.3 Å². The van der Waals surface area contributed by atoms with Gasteiger partial charge in [-0.05, 0) is 24.4 Å². The zero-order valence-electron chi connectivity index (χ0n) is 12.5. The van der Waals surface area contributed by atoms with E-state index < -0.39 is 6.29 Å². The lowest BCUT2D eigenvalue weighted by Gasteiger charge is -2.28. The molecular formula is C14H21N3O3S. The van der Waals surface area contributed by atoms with Gasteiger partial charge in [-0.3, -0.25) is 4.79 Å². The molecule has 0 saturated carbocycles. The van der Waals surface area contributed by atoms with Crippen LogP contribution >= 0.6 is 12.2 Å². The maximum absolute atomic E-state index is 11.6. The normalized spacial score (nSPS) is 10.3. The highest BCUT2D eigenvalue weighted by Crippen LogP contribution is 2.08. The lowest BCUT2D eigenvalue weighted by Crippen LogP contribution is -2.46. The minimum atomic E-state index is -0.467. The van der Waals surface area contributed by atoms with Gasteiger partial charge in [-0.25, -0.2) is 0 Å². The first-order valence-corrected chi connectivity index (χ1v) is 6.88. The molecule has 0 aliphatic carbocycles. The summed E-state index contributed by atoms with van der Waals surface area (Å²) in [5, 5.41) is 6.10. The summed E-state index contributed by atoms with van der Waals surface area (Å²) in [7, 11) is 4.66. The number of hydrogen-bond donors (Lipinski definition) is 2. The summed E-state index contributed by atoms with van der Waals surface area (Å²) in [6.45, 7) is 0.470. The van der Waals surface area contributed by atoms with Crippen molar-refractivity contribution in [1.82, 2.24) is 10.2 Å². The number of rotatable bonds is 7. The van der Waals surface area contributed by atoms with E-state index in [1.807, 2.05) is 30.3 Å². The van der Waals surface area contributed by atoms with Gasteiger partial charge in [-0.1, -0.05) is 18.2 Å². The molecule has 1 aromatic rings. The first kappa shape index (κ1) is 17.4. The quantitative estimate of drug-likeness (QED) is 0.580. The minimum absolute atomic E-state index is 0.123. The fourth-order valence-electron chi connectivity index (χ4n) is 1.62. The van der Waals surface area contributed by atoms with Crippen LogP contribution in [0.25, 0.3) is 0 Å². The predicted octanol–water partition coefficient (Wildman–Crippen LogP) is 1.05. The van der Waals surface area contributed by atoms with Gasteiger partial charge in [0.25, 0.3) is 0 Å². The van der Waals surface area contributed by atoms with Crippen LogP contribution in [0, 0.1) is 0 Å².